The Hall–Kier alpha value is -1.67. The summed E-state index contributed by atoms with van der Waals surface area (Å²) in [5, 5.41) is 12.8. The van der Waals surface area contributed by atoms with Crippen molar-refractivity contribution in [3.63, 3.8) is 0 Å². The van der Waals surface area contributed by atoms with Gasteiger partial charge in [0.05, 0.1) is 6.07 Å². The van der Waals surface area contributed by atoms with Crippen molar-refractivity contribution in [2.24, 2.45) is 0 Å². The molecule has 21 heavy (non-hydrogen) atoms. The molecule has 0 aliphatic heterocycles. The summed E-state index contributed by atoms with van der Waals surface area (Å²) >= 11 is 0. The second-order valence-electron chi connectivity index (χ2n) is 5.90. The standard InChI is InChI=1S/C16H20F2N2O/c1-11(2)20-16(10-19)7-3-4-13(9-16)21-15-6-5-12(17)8-14(15)18/h5-6,8,11,13,20H,3-4,7,9H2,1-2H3. The van der Waals surface area contributed by atoms with Crippen LogP contribution in [0.3, 0.4) is 0 Å². The molecule has 0 bridgehead atoms. The molecule has 0 aromatic heterocycles. The summed E-state index contributed by atoms with van der Waals surface area (Å²) in [4.78, 5) is 0. The highest BCUT2D eigenvalue weighted by Gasteiger charge is 2.38. The van der Waals surface area contributed by atoms with Crippen LogP contribution in [-0.2, 0) is 0 Å². The number of benzene rings is 1. The van der Waals surface area contributed by atoms with Gasteiger partial charge in [-0.2, -0.15) is 5.26 Å². The molecule has 1 fully saturated rings. The maximum absolute atomic E-state index is 13.6. The molecule has 3 nitrogen and oxygen atoms in total. The van der Waals surface area contributed by atoms with E-state index in [1.807, 2.05) is 13.8 Å². The normalized spacial score (nSPS) is 25.6. The molecular weight excluding hydrogens is 274 g/mol. The average Bonchev–Trinajstić information content (AvgIpc) is 2.41. The van der Waals surface area contributed by atoms with Crippen molar-refractivity contribution < 1.29 is 13.5 Å². The summed E-state index contributed by atoms with van der Waals surface area (Å²) in [6.45, 7) is 3.98. The van der Waals surface area contributed by atoms with E-state index in [0.717, 1.165) is 25.3 Å². The van der Waals surface area contributed by atoms with E-state index in [-0.39, 0.29) is 17.9 Å². The lowest BCUT2D eigenvalue weighted by atomic mass is 9.80. The van der Waals surface area contributed by atoms with Crippen molar-refractivity contribution in [1.82, 2.24) is 5.32 Å². The zero-order valence-corrected chi connectivity index (χ0v) is 12.3. The van der Waals surface area contributed by atoms with E-state index in [2.05, 4.69) is 11.4 Å². The molecular formula is C16H20F2N2O. The highest BCUT2D eigenvalue weighted by atomic mass is 19.1. The zero-order chi connectivity index (χ0) is 15.5. The third kappa shape index (κ3) is 3.92. The summed E-state index contributed by atoms with van der Waals surface area (Å²) in [5.41, 5.74) is -0.631. The van der Waals surface area contributed by atoms with E-state index in [4.69, 9.17) is 4.74 Å². The maximum Gasteiger partial charge on any atom is 0.167 e. The minimum absolute atomic E-state index is 0.0414. The number of nitrogens with one attached hydrogen (secondary N) is 1. The first kappa shape index (κ1) is 15.7. The van der Waals surface area contributed by atoms with Gasteiger partial charge in [-0.05, 0) is 45.2 Å². The SMILES string of the molecule is CC(C)NC1(C#N)CCCC(Oc2ccc(F)cc2F)C1. The first-order chi connectivity index (χ1) is 9.94. The molecule has 1 aromatic carbocycles. The van der Waals surface area contributed by atoms with Crippen molar-refractivity contribution in [2.45, 2.75) is 57.2 Å². The fourth-order valence-electron chi connectivity index (χ4n) is 2.89. The Labute approximate surface area is 123 Å². The fraction of sp³-hybridized carbons (Fsp3) is 0.562. The Bertz CT molecular complexity index is 542. The Morgan fingerprint density at radius 3 is 2.81 bits per heavy atom. The third-order valence-electron chi connectivity index (χ3n) is 3.67. The molecule has 0 saturated heterocycles. The van der Waals surface area contributed by atoms with Crippen LogP contribution in [0.15, 0.2) is 18.2 Å². The van der Waals surface area contributed by atoms with E-state index in [0.29, 0.717) is 6.42 Å². The smallest absolute Gasteiger partial charge is 0.167 e. The van der Waals surface area contributed by atoms with Gasteiger partial charge >= 0.3 is 0 Å². The summed E-state index contributed by atoms with van der Waals surface area (Å²) in [6.07, 6.45) is 2.61. The molecule has 5 heteroatoms. The Morgan fingerprint density at radius 2 is 2.19 bits per heavy atom. The van der Waals surface area contributed by atoms with Gasteiger partial charge in [-0.25, -0.2) is 8.78 Å². The van der Waals surface area contributed by atoms with Gasteiger partial charge in [-0.1, -0.05) is 0 Å². The van der Waals surface area contributed by atoms with Crippen molar-refractivity contribution in [1.29, 1.82) is 5.26 Å². The Balaban J connectivity index is 2.09. The number of nitriles is 1. The molecule has 0 heterocycles. The van der Waals surface area contributed by atoms with Crippen LogP contribution < -0.4 is 10.1 Å². The molecule has 2 atom stereocenters. The number of rotatable bonds is 4. The number of ether oxygens (including phenoxy) is 1. The van der Waals surface area contributed by atoms with E-state index in [1.54, 1.807) is 0 Å². The summed E-state index contributed by atoms with van der Waals surface area (Å²) in [6, 6.07) is 5.80. The lowest BCUT2D eigenvalue weighted by Crippen LogP contribution is -2.52. The number of hydrogen-bond donors (Lipinski definition) is 1. The Morgan fingerprint density at radius 1 is 1.43 bits per heavy atom. The van der Waals surface area contributed by atoms with Gasteiger partial charge in [0.2, 0.25) is 0 Å². The second-order valence-corrected chi connectivity index (χ2v) is 5.90. The lowest BCUT2D eigenvalue weighted by Gasteiger charge is -2.37. The summed E-state index contributed by atoms with van der Waals surface area (Å²) < 4.78 is 32.2. The van der Waals surface area contributed by atoms with Gasteiger partial charge < -0.3 is 4.74 Å². The van der Waals surface area contributed by atoms with Crippen molar-refractivity contribution in [3.8, 4) is 11.8 Å². The number of halogens is 2. The van der Waals surface area contributed by atoms with Gasteiger partial charge in [0.25, 0.3) is 0 Å². The molecule has 1 aliphatic carbocycles. The van der Waals surface area contributed by atoms with Gasteiger partial charge in [0.1, 0.15) is 17.5 Å². The van der Waals surface area contributed by atoms with Crippen molar-refractivity contribution in [2.75, 3.05) is 0 Å². The van der Waals surface area contributed by atoms with Crippen molar-refractivity contribution >= 4 is 0 Å². The lowest BCUT2D eigenvalue weighted by molar-refractivity contribution is 0.105. The molecule has 0 spiro atoms. The topological polar surface area (TPSA) is 45.0 Å². The molecule has 2 rings (SSSR count). The quantitative estimate of drug-likeness (QED) is 0.923. The number of hydrogen-bond acceptors (Lipinski definition) is 3. The van der Waals surface area contributed by atoms with Crippen LogP contribution in [0, 0.1) is 23.0 Å². The largest absolute Gasteiger partial charge is 0.487 e. The molecule has 0 amide bonds. The van der Waals surface area contributed by atoms with Crippen LogP contribution in [0.5, 0.6) is 5.75 Å². The predicted molar refractivity (Wildman–Crippen MR) is 75.9 cm³/mol. The van der Waals surface area contributed by atoms with Crippen LogP contribution in [0.1, 0.15) is 39.5 Å². The minimum atomic E-state index is -0.708. The molecule has 1 aliphatic rings. The van der Waals surface area contributed by atoms with Crippen LogP contribution >= 0.6 is 0 Å². The second kappa shape index (κ2) is 6.40. The fourth-order valence-corrected chi connectivity index (χ4v) is 2.89. The van der Waals surface area contributed by atoms with E-state index in [1.165, 1.54) is 12.1 Å². The van der Waals surface area contributed by atoms with E-state index < -0.39 is 17.2 Å². The van der Waals surface area contributed by atoms with Crippen LogP contribution in [0.4, 0.5) is 8.78 Å². The summed E-state index contributed by atoms with van der Waals surface area (Å²) in [5.74, 6) is -1.30. The van der Waals surface area contributed by atoms with Crippen LogP contribution in [-0.4, -0.2) is 17.7 Å². The molecule has 1 saturated carbocycles. The third-order valence-corrected chi connectivity index (χ3v) is 3.67. The first-order valence-electron chi connectivity index (χ1n) is 7.25. The Kier molecular flexibility index (Phi) is 4.79. The zero-order valence-electron chi connectivity index (χ0n) is 12.3. The van der Waals surface area contributed by atoms with Gasteiger partial charge in [0, 0.05) is 18.5 Å². The predicted octanol–water partition coefficient (Wildman–Crippen LogP) is 3.55. The van der Waals surface area contributed by atoms with Crippen LogP contribution in [0.25, 0.3) is 0 Å². The first-order valence-corrected chi connectivity index (χ1v) is 7.25. The molecule has 1 aromatic rings. The van der Waals surface area contributed by atoms with Gasteiger partial charge in [-0.15, -0.1) is 0 Å². The van der Waals surface area contributed by atoms with Gasteiger partial charge in [-0.3, -0.25) is 5.32 Å². The van der Waals surface area contributed by atoms with E-state index in [9.17, 15) is 14.0 Å². The van der Waals surface area contributed by atoms with Crippen molar-refractivity contribution in [3.05, 3.63) is 29.8 Å². The highest BCUT2D eigenvalue weighted by molar-refractivity contribution is 5.25. The molecule has 0 radical (unpaired) electrons. The minimum Gasteiger partial charge on any atom is -0.487 e. The molecule has 1 N–H and O–H groups in total. The average molecular weight is 294 g/mol. The molecule has 114 valence electrons. The van der Waals surface area contributed by atoms with E-state index >= 15 is 0 Å². The van der Waals surface area contributed by atoms with Crippen LogP contribution in [0.2, 0.25) is 0 Å². The highest BCUT2D eigenvalue weighted by Crippen LogP contribution is 2.32. The maximum atomic E-state index is 13.6. The summed E-state index contributed by atoms with van der Waals surface area (Å²) in [7, 11) is 0. The van der Waals surface area contributed by atoms with Gasteiger partial charge in [0.15, 0.2) is 11.6 Å². The number of nitrogens with zero attached hydrogens (tertiary/aromatic N) is 1. The molecule has 2 unspecified atom stereocenters. The monoisotopic (exact) mass is 294 g/mol.